The van der Waals surface area contributed by atoms with Crippen molar-refractivity contribution in [2.45, 2.75) is 43.9 Å². The Balaban J connectivity index is 1.82. The van der Waals surface area contributed by atoms with Gasteiger partial charge >= 0.3 is 5.97 Å². The topological polar surface area (TPSA) is 86.7 Å². The number of nitrogens with zero attached hydrogens (tertiary/aromatic N) is 1. The fourth-order valence-electron chi connectivity index (χ4n) is 2.32. The van der Waals surface area contributed by atoms with Gasteiger partial charge in [-0.2, -0.15) is 0 Å². The molecule has 19 heavy (non-hydrogen) atoms. The first-order valence-corrected chi connectivity index (χ1v) is 8.36. The molecule has 1 saturated carbocycles. The van der Waals surface area contributed by atoms with Crippen LogP contribution in [0.3, 0.4) is 0 Å². The van der Waals surface area contributed by atoms with Gasteiger partial charge in [0.05, 0.1) is 0 Å². The Morgan fingerprint density at radius 1 is 1.32 bits per heavy atom. The minimum atomic E-state index is -3.70. The second-order valence-electron chi connectivity index (χ2n) is 5.55. The number of hydrogen-bond donors (Lipinski definition) is 2. The Hall–Kier alpha value is -0.660. The number of hydrogen-bond acceptors (Lipinski definition) is 4. The minimum Gasteiger partial charge on any atom is -0.480 e. The summed E-state index contributed by atoms with van der Waals surface area (Å²) in [5, 5.41) is 10.9. The van der Waals surface area contributed by atoms with Gasteiger partial charge in [-0.25, -0.2) is 12.7 Å². The van der Waals surface area contributed by atoms with E-state index in [2.05, 4.69) is 5.32 Å². The van der Waals surface area contributed by atoms with E-state index in [-0.39, 0.29) is 0 Å². The summed E-state index contributed by atoms with van der Waals surface area (Å²) in [5.74, 6) is -0.470. The Bertz CT molecular complexity index is 425. The zero-order valence-electron chi connectivity index (χ0n) is 11.2. The molecule has 1 heterocycles. The van der Waals surface area contributed by atoms with Gasteiger partial charge in [-0.1, -0.05) is 0 Å². The number of piperidine rings is 1. The number of carboxylic acids is 1. The summed E-state index contributed by atoms with van der Waals surface area (Å²) < 4.78 is 25.4. The maximum Gasteiger partial charge on any atom is 0.323 e. The Morgan fingerprint density at radius 3 is 2.37 bits per heavy atom. The van der Waals surface area contributed by atoms with Crippen LogP contribution in [0.5, 0.6) is 0 Å². The van der Waals surface area contributed by atoms with Gasteiger partial charge in [-0.15, -0.1) is 0 Å². The van der Waals surface area contributed by atoms with Gasteiger partial charge in [0.15, 0.2) is 5.25 Å². The highest BCUT2D eigenvalue weighted by Gasteiger charge is 2.36. The summed E-state index contributed by atoms with van der Waals surface area (Å²) >= 11 is 0. The quantitative estimate of drug-likeness (QED) is 0.732. The lowest BCUT2D eigenvalue weighted by Crippen LogP contribution is -2.48. The van der Waals surface area contributed by atoms with Crippen molar-refractivity contribution >= 4 is 16.0 Å². The largest absolute Gasteiger partial charge is 0.480 e. The van der Waals surface area contributed by atoms with Crippen molar-refractivity contribution in [1.82, 2.24) is 9.62 Å². The third kappa shape index (κ3) is 3.67. The number of rotatable bonds is 6. The van der Waals surface area contributed by atoms with E-state index < -0.39 is 21.2 Å². The van der Waals surface area contributed by atoms with Crippen molar-refractivity contribution in [2.75, 3.05) is 19.6 Å². The van der Waals surface area contributed by atoms with E-state index in [4.69, 9.17) is 5.11 Å². The molecular weight excluding hydrogens is 268 g/mol. The average molecular weight is 290 g/mol. The van der Waals surface area contributed by atoms with E-state index in [1.165, 1.54) is 24.1 Å². The maximum atomic E-state index is 12.0. The molecule has 1 aliphatic carbocycles. The van der Waals surface area contributed by atoms with Crippen LogP contribution in [0.4, 0.5) is 0 Å². The fraction of sp³-hybridized carbons (Fsp3) is 0.917. The lowest BCUT2D eigenvalue weighted by molar-refractivity contribution is -0.136. The summed E-state index contributed by atoms with van der Waals surface area (Å²) in [6.45, 7) is 3.10. The minimum absolute atomic E-state index is 0.368. The molecule has 6 nitrogen and oxygen atoms in total. The third-order valence-corrected chi connectivity index (χ3v) is 6.18. The number of carbonyl (C=O) groups is 1. The van der Waals surface area contributed by atoms with Gasteiger partial charge in [-0.05, 0) is 45.1 Å². The van der Waals surface area contributed by atoms with Crippen LogP contribution in [0.25, 0.3) is 0 Å². The van der Waals surface area contributed by atoms with Gasteiger partial charge in [0.2, 0.25) is 10.0 Å². The van der Waals surface area contributed by atoms with E-state index in [0.717, 1.165) is 25.3 Å². The molecule has 0 radical (unpaired) electrons. The first-order valence-electron chi connectivity index (χ1n) is 6.86. The molecule has 2 N–H and O–H groups in total. The van der Waals surface area contributed by atoms with Crippen molar-refractivity contribution in [2.24, 2.45) is 5.92 Å². The van der Waals surface area contributed by atoms with Crippen LogP contribution in [-0.2, 0) is 14.8 Å². The van der Waals surface area contributed by atoms with Gasteiger partial charge in [-0.3, -0.25) is 4.79 Å². The SMILES string of the molecule is CC(C(=O)O)S(=O)(=O)N1CCC(NCC2CC2)CC1. The second-order valence-corrected chi connectivity index (χ2v) is 7.80. The van der Waals surface area contributed by atoms with Gasteiger partial charge in [0, 0.05) is 19.1 Å². The Kier molecular flexibility index (Phi) is 4.47. The number of nitrogens with one attached hydrogen (secondary N) is 1. The molecule has 2 rings (SSSR count). The predicted molar refractivity (Wildman–Crippen MR) is 71.3 cm³/mol. The third-order valence-electron chi connectivity index (χ3n) is 4.00. The van der Waals surface area contributed by atoms with Crippen LogP contribution in [0.1, 0.15) is 32.6 Å². The average Bonchev–Trinajstić information content (AvgIpc) is 3.19. The summed E-state index contributed by atoms with van der Waals surface area (Å²) in [5.41, 5.74) is 0. The molecule has 1 saturated heterocycles. The zero-order valence-corrected chi connectivity index (χ0v) is 12.0. The molecule has 2 fully saturated rings. The molecule has 1 unspecified atom stereocenters. The lowest BCUT2D eigenvalue weighted by Gasteiger charge is -2.32. The fourth-order valence-corrected chi connectivity index (χ4v) is 3.74. The zero-order chi connectivity index (χ0) is 14.0. The molecule has 1 aliphatic heterocycles. The van der Waals surface area contributed by atoms with Crippen LogP contribution >= 0.6 is 0 Å². The van der Waals surface area contributed by atoms with Crippen LogP contribution in [0.2, 0.25) is 0 Å². The summed E-state index contributed by atoms with van der Waals surface area (Å²) in [6, 6.07) is 0.368. The Morgan fingerprint density at radius 2 is 1.89 bits per heavy atom. The van der Waals surface area contributed by atoms with E-state index >= 15 is 0 Å². The number of aliphatic carboxylic acids is 1. The van der Waals surface area contributed by atoms with Gasteiger partial charge in [0.1, 0.15) is 0 Å². The first-order chi connectivity index (χ1) is 8.91. The van der Waals surface area contributed by atoms with Gasteiger partial charge in [0.25, 0.3) is 0 Å². The predicted octanol–water partition coefficient (Wildman–Crippen LogP) is 0.253. The molecular formula is C12H22N2O4S. The highest BCUT2D eigenvalue weighted by Crippen LogP contribution is 2.28. The van der Waals surface area contributed by atoms with Gasteiger partial charge < -0.3 is 10.4 Å². The smallest absolute Gasteiger partial charge is 0.323 e. The van der Waals surface area contributed by atoms with E-state index in [0.29, 0.717) is 19.1 Å². The molecule has 7 heteroatoms. The second kappa shape index (κ2) is 5.76. The molecule has 0 amide bonds. The monoisotopic (exact) mass is 290 g/mol. The van der Waals surface area contributed by atoms with Crippen LogP contribution < -0.4 is 5.32 Å². The molecule has 2 aliphatic rings. The lowest BCUT2D eigenvalue weighted by atomic mass is 10.1. The molecule has 0 aromatic heterocycles. The van der Waals surface area contributed by atoms with Crippen molar-refractivity contribution in [3.8, 4) is 0 Å². The van der Waals surface area contributed by atoms with Crippen LogP contribution in [-0.4, -0.2) is 54.7 Å². The summed E-state index contributed by atoms with van der Waals surface area (Å²) in [7, 11) is -3.70. The van der Waals surface area contributed by atoms with Crippen LogP contribution in [0, 0.1) is 5.92 Å². The van der Waals surface area contributed by atoms with Crippen molar-refractivity contribution in [3.63, 3.8) is 0 Å². The maximum absolute atomic E-state index is 12.0. The first kappa shape index (κ1) is 14.7. The molecule has 0 aromatic carbocycles. The molecule has 110 valence electrons. The Labute approximate surface area is 114 Å². The normalized spacial score (nSPS) is 24.3. The van der Waals surface area contributed by atoms with E-state index in [1.807, 2.05) is 0 Å². The van der Waals surface area contributed by atoms with E-state index in [1.54, 1.807) is 0 Å². The molecule has 0 spiro atoms. The number of sulfonamides is 1. The highest BCUT2D eigenvalue weighted by molar-refractivity contribution is 7.90. The van der Waals surface area contributed by atoms with Crippen molar-refractivity contribution in [1.29, 1.82) is 0 Å². The summed E-state index contributed by atoms with van der Waals surface area (Å²) in [4.78, 5) is 10.8. The number of carboxylic acid groups (broad SMARTS) is 1. The summed E-state index contributed by atoms with van der Waals surface area (Å²) in [6.07, 6.45) is 4.13. The molecule has 1 atom stereocenters. The highest BCUT2D eigenvalue weighted by atomic mass is 32.2. The van der Waals surface area contributed by atoms with Crippen molar-refractivity contribution < 1.29 is 18.3 Å². The van der Waals surface area contributed by atoms with Crippen LogP contribution in [0.15, 0.2) is 0 Å². The standard InChI is InChI=1S/C12H22N2O4S/c1-9(12(15)16)19(17,18)14-6-4-11(5-7-14)13-8-10-2-3-10/h9-11,13H,2-8H2,1H3,(H,15,16). The molecule has 0 bridgehead atoms. The van der Waals surface area contributed by atoms with E-state index in [9.17, 15) is 13.2 Å². The molecule has 0 aromatic rings. The van der Waals surface area contributed by atoms with Crippen molar-refractivity contribution in [3.05, 3.63) is 0 Å².